The molecule has 0 aromatic carbocycles. The fraction of sp³-hybridized carbons (Fsp3) is 0.375. The molecule has 0 amide bonds. The van der Waals surface area contributed by atoms with Crippen molar-refractivity contribution in [1.29, 1.82) is 0 Å². The van der Waals surface area contributed by atoms with E-state index in [0.29, 0.717) is 0 Å². The minimum Gasteiger partial charge on any atom is -0.386 e. The molecule has 0 spiro atoms. The first-order chi connectivity index (χ1) is 6.45. The van der Waals surface area contributed by atoms with Crippen LogP contribution in [-0.4, -0.2) is 16.0 Å². The van der Waals surface area contributed by atoms with Crippen LogP contribution in [0.1, 0.15) is 17.5 Å². The van der Waals surface area contributed by atoms with E-state index in [4.69, 9.17) is 16.7 Å². The Bertz CT molecular complexity index is 316. The molecule has 0 aliphatic rings. The second-order valence-electron chi connectivity index (χ2n) is 2.62. The Morgan fingerprint density at radius 2 is 2.07 bits per heavy atom. The first-order valence-electron chi connectivity index (χ1n) is 3.73. The van der Waals surface area contributed by atoms with Gasteiger partial charge in [0.25, 0.3) is 0 Å². The van der Waals surface area contributed by atoms with Crippen LogP contribution in [0.2, 0.25) is 0 Å². The van der Waals surface area contributed by atoms with E-state index >= 15 is 0 Å². The normalized spacial score (nSPS) is 14.1. The third-order valence-corrected chi connectivity index (χ3v) is 1.84. The zero-order valence-electron chi connectivity index (χ0n) is 6.92. The second kappa shape index (κ2) is 4.14. The fourth-order valence-corrected chi connectivity index (χ4v) is 1.03. The van der Waals surface area contributed by atoms with Gasteiger partial charge < -0.3 is 5.11 Å². The van der Waals surface area contributed by atoms with Crippen molar-refractivity contribution in [3.05, 3.63) is 29.6 Å². The van der Waals surface area contributed by atoms with Crippen LogP contribution in [0, 0.1) is 0 Å². The summed E-state index contributed by atoms with van der Waals surface area (Å²) >= 11 is 5.28. The van der Waals surface area contributed by atoms with E-state index in [-0.39, 0.29) is 11.6 Å². The van der Waals surface area contributed by atoms with Crippen molar-refractivity contribution < 1.29 is 18.3 Å². The minimum atomic E-state index is -4.50. The van der Waals surface area contributed by atoms with Gasteiger partial charge in [0.15, 0.2) is 0 Å². The largest absolute Gasteiger partial charge is 0.433 e. The van der Waals surface area contributed by atoms with Crippen LogP contribution in [0.15, 0.2) is 18.2 Å². The van der Waals surface area contributed by atoms with Crippen molar-refractivity contribution in [2.45, 2.75) is 12.3 Å². The van der Waals surface area contributed by atoms with Gasteiger partial charge in [0.2, 0.25) is 0 Å². The quantitative estimate of drug-likeness (QED) is 0.784. The summed E-state index contributed by atoms with van der Waals surface area (Å²) < 4.78 is 36.5. The van der Waals surface area contributed by atoms with E-state index < -0.39 is 18.0 Å². The maximum absolute atomic E-state index is 12.2. The lowest BCUT2D eigenvalue weighted by molar-refractivity contribution is -0.141. The molecule has 1 heterocycles. The van der Waals surface area contributed by atoms with Gasteiger partial charge in [-0.05, 0) is 12.1 Å². The number of nitrogens with zero attached hydrogens (tertiary/aromatic N) is 1. The van der Waals surface area contributed by atoms with Crippen molar-refractivity contribution in [2.24, 2.45) is 0 Å². The molecular formula is C8H7ClF3NO. The molecule has 1 N–H and O–H groups in total. The van der Waals surface area contributed by atoms with Crippen LogP contribution < -0.4 is 0 Å². The Kier molecular flexibility index (Phi) is 3.34. The fourth-order valence-electron chi connectivity index (χ4n) is 0.874. The first-order valence-corrected chi connectivity index (χ1v) is 4.27. The van der Waals surface area contributed by atoms with Gasteiger partial charge in [0, 0.05) is 0 Å². The molecule has 0 saturated carbocycles. The van der Waals surface area contributed by atoms with Gasteiger partial charge in [-0.25, -0.2) is 4.98 Å². The van der Waals surface area contributed by atoms with Crippen LogP contribution in [0.25, 0.3) is 0 Å². The van der Waals surface area contributed by atoms with Crippen LogP contribution in [-0.2, 0) is 6.18 Å². The predicted octanol–water partition coefficient (Wildman–Crippen LogP) is 2.37. The number of hydrogen-bond donors (Lipinski definition) is 1. The highest BCUT2D eigenvalue weighted by Crippen LogP contribution is 2.28. The molecule has 0 radical (unpaired) electrons. The smallest absolute Gasteiger partial charge is 0.386 e. The third-order valence-electron chi connectivity index (χ3n) is 1.55. The predicted molar refractivity (Wildman–Crippen MR) is 44.9 cm³/mol. The highest BCUT2D eigenvalue weighted by atomic mass is 35.5. The van der Waals surface area contributed by atoms with Gasteiger partial charge in [-0.15, -0.1) is 11.6 Å². The average molecular weight is 226 g/mol. The molecule has 2 nitrogen and oxygen atoms in total. The molecule has 0 unspecified atom stereocenters. The molecule has 0 bridgehead atoms. The highest BCUT2D eigenvalue weighted by Gasteiger charge is 2.32. The Morgan fingerprint density at radius 3 is 2.57 bits per heavy atom. The number of pyridine rings is 1. The van der Waals surface area contributed by atoms with Gasteiger partial charge >= 0.3 is 6.18 Å². The molecule has 0 fully saturated rings. The summed E-state index contributed by atoms with van der Waals surface area (Å²) in [5.41, 5.74) is -1.10. The summed E-state index contributed by atoms with van der Waals surface area (Å²) in [6.45, 7) is 0. The molecule has 1 rings (SSSR count). The summed E-state index contributed by atoms with van der Waals surface area (Å²) in [7, 11) is 0. The Hall–Kier alpha value is -0.810. The van der Waals surface area contributed by atoms with E-state index in [1.54, 1.807) is 0 Å². The summed E-state index contributed by atoms with van der Waals surface area (Å²) in [6, 6.07) is 3.31. The van der Waals surface area contributed by atoms with Gasteiger partial charge in [-0.2, -0.15) is 13.2 Å². The zero-order valence-corrected chi connectivity index (χ0v) is 7.68. The maximum Gasteiger partial charge on any atom is 0.433 e. The second-order valence-corrected chi connectivity index (χ2v) is 2.92. The topological polar surface area (TPSA) is 33.1 Å². The van der Waals surface area contributed by atoms with Gasteiger partial charge in [0.1, 0.15) is 11.8 Å². The number of aliphatic hydroxyl groups excluding tert-OH is 1. The molecule has 0 aliphatic heterocycles. The molecule has 0 aliphatic carbocycles. The van der Waals surface area contributed by atoms with Crippen molar-refractivity contribution in [2.75, 3.05) is 5.88 Å². The molecule has 1 atom stereocenters. The van der Waals surface area contributed by atoms with Crippen molar-refractivity contribution >= 4 is 11.6 Å². The lowest BCUT2D eigenvalue weighted by atomic mass is 10.2. The number of alkyl halides is 4. The van der Waals surface area contributed by atoms with Gasteiger partial charge in [-0.1, -0.05) is 6.07 Å². The van der Waals surface area contributed by atoms with Crippen LogP contribution in [0.3, 0.4) is 0 Å². The average Bonchev–Trinajstić information content (AvgIpc) is 2.15. The lowest BCUT2D eigenvalue weighted by Crippen LogP contribution is -2.11. The molecule has 0 saturated heterocycles. The van der Waals surface area contributed by atoms with E-state index in [1.807, 2.05) is 0 Å². The number of rotatable bonds is 2. The van der Waals surface area contributed by atoms with Crippen molar-refractivity contribution in [3.63, 3.8) is 0 Å². The Labute approximate surface area is 83.3 Å². The Morgan fingerprint density at radius 1 is 1.43 bits per heavy atom. The van der Waals surface area contributed by atoms with E-state index in [0.717, 1.165) is 6.07 Å². The molecule has 1 aromatic rings. The summed E-state index contributed by atoms with van der Waals surface area (Å²) in [4.78, 5) is 3.26. The Balaban J connectivity index is 3.01. The lowest BCUT2D eigenvalue weighted by Gasteiger charge is -2.09. The van der Waals surface area contributed by atoms with Gasteiger partial charge in [0.05, 0.1) is 11.6 Å². The number of halogens is 4. The minimum absolute atomic E-state index is 0.0742. The number of aliphatic hydroxyl groups is 1. The molecule has 78 valence electrons. The zero-order chi connectivity index (χ0) is 10.8. The number of aromatic nitrogens is 1. The summed E-state index contributed by atoms with van der Waals surface area (Å²) in [5.74, 6) is -0.186. The van der Waals surface area contributed by atoms with Crippen LogP contribution >= 0.6 is 11.6 Å². The highest BCUT2D eigenvalue weighted by molar-refractivity contribution is 6.18. The van der Waals surface area contributed by atoms with E-state index in [2.05, 4.69) is 4.98 Å². The first kappa shape index (κ1) is 11.3. The monoisotopic (exact) mass is 225 g/mol. The summed E-state index contributed by atoms with van der Waals surface area (Å²) in [6.07, 6.45) is -5.67. The van der Waals surface area contributed by atoms with Gasteiger partial charge in [-0.3, -0.25) is 0 Å². The van der Waals surface area contributed by atoms with Crippen molar-refractivity contribution in [1.82, 2.24) is 4.98 Å². The number of hydrogen-bond acceptors (Lipinski definition) is 2. The molecule has 1 aromatic heterocycles. The van der Waals surface area contributed by atoms with E-state index in [9.17, 15) is 13.2 Å². The maximum atomic E-state index is 12.2. The molecule has 14 heavy (non-hydrogen) atoms. The van der Waals surface area contributed by atoms with Crippen LogP contribution in [0.5, 0.6) is 0 Å². The SMILES string of the molecule is O[C@@H](CCl)c1cccc(C(F)(F)F)n1. The third kappa shape index (κ3) is 2.59. The van der Waals surface area contributed by atoms with Crippen LogP contribution in [0.4, 0.5) is 13.2 Å². The molecule has 6 heteroatoms. The molecular weight excluding hydrogens is 219 g/mol. The van der Waals surface area contributed by atoms with E-state index in [1.165, 1.54) is 12.1 Å². The standard InChI is InChI=1S/C8H7ClF3NO/c9-4-6(14)5-2-1-3-7(13-5)8(10,11)12/h1-3,6,14H,4H2/t6-/m0/s1. The van der Waals surface area contributed by atoms with Crippen molar-refractivity contribution in [3.8, 4) is 0 Å². The summed E-state index contributed by atoms with van der Waals surface area (Å²) in [5, 5.41) is 9.16.